The van der Waals surface area contributed by atoms with E-state index in [0.29, 0.717) is 19.6 Å². The van der Waals surface area contributed by atoms with Gasteiger partial charge in [0, 0.05) is 39.4 Å². The van der Waals surface area contributed by atoms with E-state index in [9.17, 15) is 9.90 Å². The molecule has 122 valence electrons. The lowest BCUT2D eigenvalue weighted by atomic mass is 9.96. The molecule has 1 saturated heterocycles. The van der Waals surface area contributed by atoms with E-state index in [4.69, 9.17) is 0 Å². The molecule has 0 spiro atoms. The Morgan fingerprint density at radius 1 is 1.45 bits per heavy atom. The third kappa shape index (κ3) is 3.91. The molecule has 2 unspecified atom stereocenters. The predicted octanol–water partition coefficient (Wildman–Crippen LogP) is 1.97. The molecule has 0 aromatic heterocycles. The minimum atomic E-state index is -0.416. The highest BCUT2D eigenvalue weighted by Gasteiger charge is 2.27. The number of benzene rings is 1. The van der Waals surface area contributed by atoms with Crippen LogP contribution in [-0.2, 0) is 6.54 Å². The average Bonchev–Trinajstić information content (AvgIpc) is 2.48. The maximum atomic E-state index is 12.2. The molecule has 0 saturated carbocycles. The zero-order valence-electron chi connectivity index (χ0n) is 14.0. The fraction of sp³-hybridized carbons (Fsp3) is 0.588. The molecule has 2 atom stereocenters. The Bertz CT molecular complexity index is 531. The molecule has 5 nitrogen and oxygen atoms in total. The van der Waals surface area contributed by atoms with Crippen LogP contribution in [0.1, 0.15) is 24.5 Å². The van der Waals surface area contributed by atoms with Crippen molar-refractivity contribution in [3.8, 4) is 0 Å². The third-order valence-corrected chi connectivity index (χ3v) is 4.48. The lowest BCUT2D eigenvalue weighted by Crippen LogP contribution is -2.49. The first-order valence-corrected chi connectivity index (χ1v) is 7.86. The van der Waals surface area contributed by atoms with Crippen LogP contribution in [0.15, 0.2) is 18.2 Å². The zero-order valence-corrected chi connectivity index (χ0v) is 14.0. The summed E-state index contributed by atoms with van der Waals surface area (Å²) in [5, 5.41) is 12.8. The van der Waals surface area contributed by atoms with Crippen LogP contribution >= 0.6 is 0 Å². The minimum Gasteiger partial charge on any atom is -0.391 e. The highest BCUT2D eigenvalue weighted by atomic mass is 16.3. The molecule has 5 heteroatoms. The first-order valence-electron chi connectivity index (χ1n) is 7.86. The molecule has 0 aliphatic carbocycles. The van der Waals surface area contributed by atoms with E-state index in [1.165, 1.54) is 5.56 Å². The number of carbonyl (C=O) groups is 1. The number of rotatable bonds is 3. The Kier molecular flexibility index (Phi) is 5.29. The number of hydrogen-bond donors (Lipinski definition) is 2. The highest BCUT2D eigenvalue weighted by Crippen LogP contribution is 2.18. The van der Waals surface area contributed by atoms with Crippen LogP contribution in [0, 0.1) is 12.8 Å². The summed E-state index contributed by atoms with van der Waals surface area (Å²) in [7, 11) is 4.03. The monoisotopic (exact) mass is 305 g/mol. The Morgan fingerprint density at radius 3 is 2.77 bits per heavy atom. The minimum absolute atomic E-state index is 0.0953. The van der Waals surface area contributed by atoms with Gasteiger partial charge in [-0.05, 0) is 42.5 Å². The Labute approximate surface area is 132 Å². The number of β-amino-alcohol motifs (C(OH)–C–C–N with tert-alkyl or cyclic N) is 1. The van der Waals surface area contributed by atoms with Gasteiger partial charge in [0.15, 0.2) is 0 Å². The van der Waals surface area contributed by atoms with E-state index in [0.717, 1.165) is 17.7 Å². The number of carbonyl (C=O) groups excluding carboxylic acids is 1. The van der Waals surface area contributed by atoms with Crippen LogP contribution in [0.25, 0.3) is 0 Å². The van der Waals surface area contributed by atoms with Crippen LogP contribution in [0.2, 0.25) is 0 Å². The number of urea groups is 1. The number of aliphatic hydroxyl groups excluding tert-OH is 1. The number of aliphatic hydroxyl groups is 1. The van der Waals surface area contributed by atoms with Crippen LogP contribution < -0.4 is 10.2 Å². The fourth-order valence-electron chi connectivity index (χ4n) is 2.67. The maximum absolute atomic E-state index is 12.2. The SMILES string of the molecule is Cc1cc(N(C)C)ccc1CNC(=O)N1CCC(C)C(O)C1. The van der Waals surface area contributed by atoms with Crippen molar-refractivity contribution in [3.05, 3.63) is 29.3 Å². The topological polar surface area (TPSA) is 55.8 Å². The molecular formula is C17H27N3O2. The largest absolute Gasteiger partial charge is 0.391 e. The second-order valence-electron chi connectivity index (χ2n) is 6.44. The Balaban J connectivity index is 1.91. The molecule has 1 aromatic carbocycles. The van der Waals surface area contributed by atoms with Gasteiger partial charge in [0.25, 0.3) is 0 Å². The Morgan fingerprint density at radius 2 is 2.18 bits per heavy atom. The van der Waals surface area contributed by atoms with Gasteiger partial charge in [0.05, 0.1) is 6.10 Å². The van der Waals surface area contributed by atoms with Crippen molar-refractivity contribution in [2.24, 2.45) is 5.92 Å². The highest BCUT2D eigenvalue weighted by molar-refractivity contribution is 5.74. The molecule has 1 fully saturated rings. The van der Waals surface area contributed by atoms with Gasteiger partial charge >= 0.3 is 6.03 Å². The van der Waals surface area contributed by atoms with Gasteiger partial charge in [-0.25, -0.2) is 4.79 Å². The zero-order chi connectivity index (χ0) is 16.3. The van der Waals surface area contributed by atoms with Gasteiger partial charge in [-0.15, -0.1) is 0 Å². The van der Waals surface area contributed by atoms with E-state index in [1.54, 1.807) is 4.90 Å². The molecule has 2 N–H and O–H groups in total. The van der Waals surface area contributed by atoms with Crippen molar-refractivity contribution in [3.63, 3.8) is 0 Å². The van der Waals surface area contributed by atoms with Gasteiger partial charge in [-0.1, -0.05) is 13.0 Å². The van der Waals surface area contributed by atoms with Gasteiger partial charge < -0.3 is 20.2 Å². The molecule has 2 rings (SSSR count). The molecule has 1 aromatic rings. The van der Waals surface area contributed by atoms with Crippen molar-refractivity contribution < 1.29 is 9.90 Å². The van der Waals surface area contributed by atoms with E-state index in [2.05, 4.69) is 35.3 Å². The number of anilines is 1. The number of nitrogens with one attached hydrogen (secondary N) is 1. The number of likely N-dealkylation sites (tertiary alicyclic amines) is 1. The van der Waals surface area contributed by atoms with Gasteiger partial charge in [-0.2, -0.15) is 0 Å². The summed E-state index contributed by atoms with van der Waals surface area (Å²) >= 11 is 0. The van der Waals surface area contributed by atoms with Crippen LogP contribution in [0.4, 0.5) is 10.5 Å². The van der Waals surface area contributed by atoms with Crippen molar-refractivity contribution in [2.75, 3.05) is 32.1 Å². The summed E-state index contributed by atoms with van der Waals surface area (Å²) in [4.78, 5) is 16.0. The molecule has 22 heavy (non-hydrogen) atoms. The molecule has 1 heterocycles. The van der Waals surface area contributed by atoms with Crippen molar-refractivity contribution >= 4 is 11.7 Å². The molecule has 0 bridgehead atoms. The first kappa shape index (κ1) is 16.6. The molecule has 1 aliphatic rings. The summed E-state index contributed by atoms with van der Waals surface area (Å²) in [5.41, 5.74) is 3.43. The second-order valence-corrected chi connectivity index (χ2v) is 6.44. The van der Waals surface area contributed by atoms with Crippen LogP contribution in [-0.4, -0.2) is 49.3 Å². The number of hydrogen-bond acceptors (Lipinski definition) is 3. The lowest BCUT2D eigenvalue weighted by Gasteiger charge is -2.34. The molecule has 1 aliphatic heterocycles. The number of amides is 2. The third-order valence-electron chi connectivity index (χ3n) is 4.48. The number of piperidine rings is 1. The number of aryl methyl sites for hydroxylation is 1. The predicted molar refractivity (Wildman–Crippen MR) is 89.1 cm³/mol. The van der Waals surface area contributed by atoms with E-state index in [1.807, 2.05) is 21.0 Å². The van der Waals surface area contributed by atoms with E-state index < -0.39 is 6.10 Å². The van der Waals surface area contributed by atoms with Crippen LogP contribution in [0.3, 0.4) is 0 Å². The van der Waals surface area contributed by atoms with Gasteiger partial charge in [-0.3, -0.25) is 0 Å². The quantitative estimate of drug-likeness (QED) is 0.898. The van der Waals surface area contributed by atoms with E-state index in [-0.39, 0.29) is 11.9 Å². The van der Waals surface area contributed by atoms with Crippen molar-refractivity contribution in [1.82, 2.24) is 10.2 Å². The molecule has 0 radical (unpaired) electrons. The summed E-state index contributed by atoms with van der Waals surface area (Å²) in [6, 6.07) is 6.13. The van der Waals surface area contributed by atoms with Gasteiger partial charge in [0.1, 0.15) is 0 Å². The van der Waals surface area contributed by atoms with Crippen molar-refractivity contribution in [1.29, 1.82) is 0 Å². The Hall–Kier alpha value is -1.75. The summed E-state index contributed by atoms with van der Waals surface area (Å²) in [6.07, 6.45) is 0.436. The fourth-order valence-corrected chi connectivity index (χ4v) is 2.67. The lowest BCUT2D eigenvalue weighted by molar-refractivity contribution is 0.0435. The summed E-state index contributed by atoms with van der Waals surface area (Å²) < 4.78 is 0. The standard InChI is InChI=1S/C17H27N3O2/c1-12-7-8-20(11-16(12)21)17(22)18-10-14-5-6-15(19(3)4)9-13(14)2/h5-6,9,12,16,21H,7-8,10-11H2,1-4H3,(H,18,22). The first-order chi connectivity index (χ1) is 10.4. The van der Waals surface area contributed by atoms with Gasteiger partial charge in [0.2, 0.25) is 0 Å². The summed E-state index contributed by atoms with van der Waals surface area (Å²) in [6.45, 7) is 5.73. The number of nitrogens with zero attached hydrogens (tertiary/aromatic N) is 2. The second kappa shape index (κ2) is 7.01. The van der Waals surface area contributed by atoms with E-state index >= 15 is 0 Å². The normalized spacial score (nSPS) is 21.6. The molecule has 2 amide bonds. The average molecular weight is 305 g/mol. The smallest absolute Gasteiger partial charge is 0.317 e. The summed E-state index contributed by atoms with van der Waals surface area (Å²) in [5.74, 6) is 0.268. The van der Waals surface area contributed by atoms with Crippen molar-refractivity contribution in [2.45, 2.75) is 32.9 Å². The van der Waals surface area contributed by atoms with Crippen LogP contribution in [0.5, 0.6) is 0 Å². The molecular weight excluding hydrogens is 278 g/mol. The maximum Gasteiger partial charge on any atom is 0.317 e.